The first kappa shape index (κ1) is 17.3. The van der Waals surface area contributed by atoms with Gasteiger partial charge in [0.2, 0.25) is 6.79 Å². The fourth-order valence-electron chi connectivity index (χ4n) is 3.66. The number of halogens is 1. The van der Waals surface area contributed by atoms with Gasteiger partial charge in [-0.05, 0) is 31.4 Å². The van der Waals surface area contributed by atoms with Crippen LogP contribution in [0.2, 0.25) is 5.02 Å². The van der Waals surface area contributed by atoms with Crippen LogP contribution in [0.1, 0.15) is 29.6 Å². The van der Waals surface area contributed by atoms with Crippen LogP contribution in [-0.2, 0) is 0 Å². The number of fused-ring (bicyclic) bond motifs is 1. The number of carbonyl (C=O) groups is 2. The van der Waals surface area contributed by atoms with E-state index in [4.69, 9.17) is 21.1 Å². The van der Waals surface area contributed by atoms with Crippen LogP contribution in [0.4, 0.5) is 4.79 Å². The molecule has 7 nitrogen and oxygen atoms in total. The van der Waals surface area contributed by atoms with Gasteiger partial charge in [-0.2, -0.15) is 0 Å². The summed E-state index contributed by atoms with van der Waals surface area (Å²) >= 11 is 6.17. The van der Waals surface area contributed by atoms with Gasteiger partial charge < -0.3 is 24.2 Å². The fraction of sp³-hybridized carbons (Fsp3) is 0.556. The minimum Gasteiger partial charge on any atom is -0.454 e. The van der Waals surface area contributed by atoms with Gasteiger partial charge in [0.15, 0.2) is 11.5 Å². The van der Waals surface area contributed by atoms with Crippen molar-refractivity contribution in [2.45, 2.75) is 19.3 Å². The third kappa shape index (κ3) is 3.28. The van der Waals surface area contributed by atoms with Gasteiger partial charge in [0, 0.05) is 44.8 Å². The highest BCUT2D eigenvalue weighted by atomic mass is 35.5. The minimum absolute atomic E-state index is 0.0999. The summed E-state index contributed by atoms with van der Waals surface area (Å²) in [6.45, 7) is 3.94. The molecule has 3 amide bonds. The summed E-state index contributed by atoms with van der Waals surface area (Å²) in [6.07, 6.45) is 3.36. The first-order valence-electron chi connectivity index (χ1n) is 9.06. The molecule has 0 aliphatic carbocycles. The Balaban J connectivity index is 1.38. The minimum atomic E-state index is -0.102. The summed E-state index contributed by atoms with van der Waals surface area (Å²) in [5, 5.41) is 0.377. The highest BCUT2D eigenvalue weighted by Crippen LogP contribution is 2.40. The maximum atomic E-state index is 12.8. The molecule has 0 unspecified atom stereocenters. The van der Waals surface area contributed by atoms with Gasteiger partial charge in [0.1, 0.15) is 0 Å². The molecule has 26 heavy (non-hydrogen) atoms. The molecule has 0 spiro atoms. The normalized spacial score (nSPS) is 19.7. The number of amides is 3. The van der Waals surface area contributed by atoms with Gasteiger partial charge in [-0.3, -0.25) is 4.79 Å². The summed E-state index contributed by atoms with van der Waals surface area (Å²) < 4.78 is 10.6. The molecular weight excluding hydrogens is 358 g/mol. The monoisotopic (exact) mass is 379 g/mol. The Bertz CT molecular complexity index is 713. The van der Waals surface area contributed by atoms with Crippen molar-refractivity contribution >= 4 is 23.5 Å². The number of rotatable bonds is 1. The highest BCUT2D eigenvalue weighted by Gasteiger charge is 2.29. The molecule has 0 bridgehead atoms. The van der Waals surface area contributed by atoms with Gasteiger partial charge in [-0.25, -0.2) is 4.79 Å². The topological polar surface area (TPSA) is 62.3 Å². The smallest absolute Gasteiger partial charge is 0.320 e. The Labute approximate surface area is 157 Å². The SMILES string of the molecule is O=C(c1cc(Cl)c2c(c1)OCO2)N1CCN(C(=O)N2CCCCC2)CC1. The predicted molar refractivity (Wildman–Crippen MR) is 95.9 cm³/mol. The molecule has 1 aromatic rings. The maximum absolute atomic E-state index is 12.8. The molecule has 8 heteroatoms. The number of urea groups is 1. The highest BCUT2D eigenvalue weighted by molar-refractivity contribution is 6.32. The van der Waals surface area contributed by atoms with E-state index in [2.05, 4.69) is 0 Å². The molecule has 0 saturated carbocycles. The Morgan fingerprint density at radius 2 is 1.50 bits per heavy atom. The molecular formula is C18H22ClN3O4. The number of piperidine rings is 1. The second kappa shape index (κ2) is 7.23. The van der Waals surface area contributed by atoms with Crippen molar-refractivity contribution in [2.24, 2.45) is 0 Å². The lowest BCUT2D eigenvalue weighted by atomic mass is 10.1. The number of piperazine rings is 1. The fourth-order valence-corrected chi connectivity index (χ4v) is 3.92. The van der Waals surface area contributed by atoms with E-state index in [1.54, 1.807) is 17.0 Å². The molecule has 140 valence electrons. The molecule has 0 aromatic heterocycles. The van der Waals surface area contributed by atoms with Gasteiger partial charge in [0.05, 0.1) is 5.02 Å². The average Bonchev–Trinajstić information content (AvgIpc) is 3.17. The molecule has 4 rings (SSSR count). The van der Waals surface area contributed by atoms with Gasteiger partial charge in [0.25, 0.3) is 5.91 Å². The molecule has 3 heterocycles. The standard InChI is InChI=1S/C18H22ClN3O4/c19-14-10-13(11-15-16(14)26-12-25-15)17(23)20-6-8-22(9-7-20)18(24)21-4-2-1-3-5-21/h10-11H,1-9,12H2. The first-order valence-corrected chi connectivity index (χ1v) is 9.43. The van der Waals surface area contributed by atoms with Crippen LogP contribution < -0.4 is 9.47 Å². The van der Waals surface area contributed by atoms with E-state index in [-0.39, 0.29) is 18.7 Å². The van der Waals surface area contributed by atoms with Crippen molar-refractivity contribution in [2.75, 3.05) is 46.1 Å². The molecule has 0 atom stereocenters. The third-order valence-electron chi connectivity index (χ3n) is 5.14. The van der Waals surface area contributed by atoms with E-state index in [0.717, 1.165) is 25.9 Å². The van der Waals surface area contributed by atoms with Crippen molar-refractivity contribution in [1.82, 2.24) is 14.7 Å². The van der Waals surface area contributed by atoms with E-state index in [1.165, 1.54) is 6.42 Å². The molecule has 2 saturated heterocycles. The Kier molecular flexibility index (Phi) is 4.80. The first-order chi connectivity index (χ1) is 12.6. The molecule has 1 aromatic carbocycles. The number of hydrogen-bond donors (Lipinski definition) is 0. The predicted octanol–water partition coefficient (Wildman–Crippen LogP) is 2.43. The van der Waals surface area contributed by atoms with E-state index in [1.807, 2.05) is 9.80 Å². The van der Waals surface area contributed by atoms with Crippen molar-refractivity contribution < 1.29 is 19.1 Å². The zero-order valence-corrected chi connectivity index (χ0v) is 15.3. The largest absolute Gasteiger partial charge is 0.454 e. The number of nitrogens with zero attached hydrogens (tertiary/aromatic N) is 3. The van der Waals surface area contributed by atoms with Crippen molar-refractivity contribution in [1.29, 1.82) is 0 Å². The quantitative estimate of drug-likeness (QED) is 0.751. The molecule has 3 aliphatic rings. The van der Waals surface area contributed by atoms with Crippen molar-refractivity contribution in [3.05, 3.63) is 22.7 Å². The second-order valence-corrected chi connectivity index (χ2v) is 7.21. The Morgan fingerprint density at radius 1 is 0.846 bits per heavy atom. The number of benzene rings is 1. The van der Waals surface area contributed by atoms with Crippen molar-refractivity contribution in [3.63, 3.8) is 0 Å². The van der Waals surface area contributed by atoms with Crippen LogP contribution in [0, 0.1) is 0 Å². The molecule has 0 radical (unpaired) electrons. The third-order valence-corrected chi connectivity index (χ3v) is 5.42. The number of carbonyl (C=O) groups excluding carboxylic acids is 2. The lowest BCUT2D eigenvalue weighted by molar-refractivity contribution is 0.0632. The van der Waals surface area contributed by atoms with Crippen LogP contribution in [0.3, 0.4) is 0 Å². The van der Waals surface area contributed by atoms with Crippen molar-refractivity contribution in [3.8, 4) is 11.5 Å². The van der Waals surface area contributed by atoms with Crippen LogP contribution in [0.15, 0.2) is 12.1 Å². The number of likely N-dealkylation sites (tertiary alicyclic amines) is 1. The van der Waals surface area contributed by atoms with Crippen LogP contribution in [0.5, 0.6) is 11.5 Å². The molecule has 2 fully saturated rings. The van der Waals surface area contributed by atoms with Crippen LogP contribution in [-0.4, -0.2) is 72.7 Å². The van der Waals surface area contributed by atoms with Gasteiger partial charge in [-0.15, -0.1) is 0 Å². The summed E-state index contributed by atoms with van der Waals surface area (Å²) in [7, 11) is 0. The summed E-state index contributed by atoms with van der Waals surface area (Å²) in [6, 6.07) is 3.38. The molecule has 0 N–H and O–H groups in total. The Hall–Kier alpha value is -2.15. The number of ether oxygens (including phenoxy) is 2. The second-order valence-electron chi connectivity index (χ2n) is 6.80. The molecule has 3 aliphatic heterocycles. The van der Waals surface area contributed by atoms with Gasteiger partial charge >= 0.3 is 6.03 Å². The average molecular weight is 380 g/mol. The summed E-state index contributed by atoms with van der Waals surface area (Å²) in [4.78, 5) is 30.9. The lowest BCUT2D eigenvalue weighted by Gasteiger charge is -2.38. The summed E-state index contributed by atoms with van der Waals surface area (Å²) in [5.74, 6) is 0.884. The summed E-state index contributed by atoms with van der Waals surface area (Å²) in [5.41, 5.74) is 0.482. The van der Waals surface area contributed by atoms with Crippen LogP contribution in [0.25, 0.3) is 0 Å². The van der Waals surface area contributed by atoms with E-state index in [9.17, 15) is 9.59 Å². The van der Waals surface area contributed by atoms with E-state index in [0.29, 0.717) is 48.3 Å². The van der Waals surface area contributed by atoms with E-state index < -0.39 is 0 Å². The lowest BCUT2D eigenvalue weighted by Crippen LogP contribution is -2.54. The van der Waals surface area contributed by atoms with Gasteiger partial charge in [-0.1, -0.05) is 11.6 Å². The van der Waals surface area contributed by atoms with Crippen LogP contribution >= 0.6 is 11.6 Å². The number of hydrogen-bond acceptors (Lipinski definition) is 4. The maximum Gasteiger partial charge on any atom is 0.320 e. The zero-order chi connectivity index (χ0) is 18.1. The van der Waals surface area contributed by atoms with E-state index >= 15 is 0 Å². The zero-order valence-electron chi connectivity index (χ0n) is 14.6. The Morgan fingerprint density at radius 3 is 2.23 bits per heavy atom.